The van der Waals surface area contributed by atoms with Crippen LogP contribution in [0.15, 0.2) is 48.5 Å². The number of carbonyl (C=O) groups is 1. The van der Waals surface area contributed by atoms with E-state index in [0.717, 1.165) is 48.7 Å². The molecular weight excluding hydrogens is 360 g/mol. The number of hydrogen-bond donors (Lipinski definition) is 1. The number of ether oxygens (including phenoxy) is 2. The molecule has 2 aromatic carbocycles. The van der Waals surface area contributed by atoms with E-state index in [4.69, 9.17) is 21.7 Å². The number of Topliss-reactive ketones (excluding diaryl/α,β-unsaturated/α-hetero) is 1. The number of piperidine rings is 1. The van der Waals surface area contributed by atoms with E-state index < -0.39 is 0 Å². The van der Waals surface area contributed by atoms with Crippen molar-refractivity contribution in [2.75, 3.05) is 32.6 Å². The molecular formula is C21H24N2O3S. The fraction of sp³-hybridized carbons (Fsp3) is 0.333. The minimum absolute atomic E-state index is 0.0364. The largest absolute Gasteiger partial charge is 0.497 e. The predicted molar refractivity (Wildman–Crippen MR) is 111 cm³/mol. The molecule has 1 heterocycles. The number of rotatable bonds is 5. The second kappa shape index (κ2) is 8.86. The summed E-state index contributed by atoms with van der Waals surface area (Å²) in [5.74, 6) is 1.78. The highest BCUT2D eigenvalue weighted by molar-refractivity contribution is 7.80. The van der Waals surface area contributed by atoms with Gasteiger partial charge in [0.2, 0.25) is 0 Å². The zero-order valence-corrected chi connectivity index (χ0v) is 16.4. The van der Waals surface area contributed by atoms with Gasteiger partial charge in [0, 0.05) is 36.3 Å². The summed E-state index contributed by atoms with van der Waals surface area (Å²) in [6.07, 6.45) is 1.59. The first kappa shape index (κ1) is 19.2. The molecule has 3 rings (SSSR count). The topological polar surface area (TPSA) is 50.8 Å². The monoisotopic (exact) mass is 384 g/mol. The van der Waals surface area contributed by atoms with Gasteiger partial charge in [0.05, 0.1) is 14.2 Å². The molecule has 0 bridgehead atoms. The lowest BCUT2D eigenvalue weighted by atomic mass is 9.89. The number of hydrogen-bond acceptors (Lipinski definition) is 4. The van der Waals surface area contributed by atoms with E-state index in [1.165, 1.54) is 0 Å². The number of nitrogens with zero attached hydrogens (tertiary/aromatic N) is 1. The van der Waals surface area contributed by atoms with Crippen molar-refractivity contribution >= 4 is 28.8 Å². The van der Waals surface area contributed by atoms with Crippen molar-refractivity contribution in [3.05, 3.63) is 54.1 Å². The van der Waals surface area contributed by atoms with Gasteiger partial charge in [0.25, 0.3) is 0 Å². The minimum atomic E-state index is 0.0364. The van der Waals surface area contributed by atoms with Crippen molar-refractivity contribution in [1.29, 1.82) is 0 Å². The number of benzene rings is 2. The van der Waals surface area contributed by atoms with Crippen LogP contribution in [0.2, 0.25) is 0 Å². The van der Waals surface area contributed by atoms with Crippen molar-refractivity contribution in [3.63, 3.8) is 0 Å². The van der Waals surface area contributed by atoms with Crippen molar-refractivity contribution in [2.24, 2.45) is 5.92 Å². The first-order chi connectivity index (χ1) is 13.1. The Morgan fingerprint density at radius 2 is 1.70 bits per heavy atom. The smallest absolute Gasteiger partial charge is 0.173 e. The molecule has 1 aliphatic heterocycles. The Kier molecular flexibility index (Phi) is 6.29. The summed E-state index contributed by atoms with van der Waals surface area (Å²) in [6, 6.07) is 15.0. The van der Waals surface area contributed by atoms with Crippen LogP contribution in [0.5, 0.6) is 11.5 Å². The molecule has 1 fully saturated rings. The Morgan fingerprint density at radius 1 is 1.04 bits per heavy atom. The van der Waals surface area contributed by atoms with E-state index in [0.29, 0.717) is 5.11 Å². The van der Waals surface area contributed by atoms with Gasteiger partial charge in [0.15, 0.2) is 10.9 Å². The normalized spacial score (nSPS) is 14.5. The van der Waals surface area contributed by atoms with Crippen LogP contribution in [0.4, 0.5) is 5.69 Å². The van der Waals surface area contributed by atoms with E-state index in [-0.39, 0.29) is 11.7 Å². The average molecular weight is 385 g/mol. The molecule has 1 N–H and O–H groups in total. The lowest BCUT2D eigenvalue weighted by Gasteiger charge is -2.33. The van der Waals surface area contributed by atoms with Crippen LogP contribution in [-0.2, 0) is 0 Å². The van der Waals surface area contributed by atoms with Gasteiger partial charge >= 0.3 is 0 Å². The summed E-state index contributed by atoms with van der Waals surface area (Å²) in [4.78, 5) is 14.8. The Hall–Kier alpha value is -2.60. The van der Waals surface area contributed by atoms with Crippen LogP contribution in [0, 0.1) is 5.92 Å². The Balaban J connectivity index is 1.54. The van der Waals surface area contributed by atoms with E-state index >= 15 is 0 Å². The van der Waals surface area contributed by atoms with E-state index in [9.17, 15) is 4.79 Å². The van der Waals surface area contributed by atoms with E-state index in [2.05, 4.69) is 10.2 Å². The van der Waals surface area contributed by atoms with Gasteiger partial charge in [-0.2, -0.15) is 0 Å². The Labute approximate surface area is 165 Å². The fourth-order valence-corrected chi connectivity index (χ4v) is 3.54. The molecule has 0 radical (unpaired) electrons. The van der Waals surface area contributed by atoms with Gasteiger partial charge in [0.1, 0.15) is 11.5 Å². The number of likely N-dealkylation sites (tertiary alicyclic amines) is 1. The first-order valence-corrected chi connectivity index (χ1v) is 9.40. The zero-order valence-electron chi connectivity index (χ0n) is 15.6. The lowest BCUT2D eigenvalue weighted by Crippen LogP contribution is -2.42. The van der Waals surface area contributed by atoms with Gasteiger partial charge in [-0.3, -0.25) is 4.79 Å². The zero-order chi connectivity index (χ0) is 19.2. The predicted octanol–water partition coefficient (Wildman–Crippen LogP) is 4.00. The highest BCUT2D eigenvalue weighted by Gasteiger charge is 2.26. The van der Waals surface area contributed by atoms with Crippen LogP contribution in [0.3, 0.4) is 0 Å². The number of anilines is 1. The maximum Gasteiger partial charge on any atom is 0.173 e. The molecule has 5 nitrogen and oxygen atoms in total. The van der Waals surface area contributed by atoms with E-state index in [1.54, 1.807) is 14.2 Å². The molecule has 27 heavy (non-hydrogen) atoms. The third-order valence-electron chi connectivity index (χ3n) is 4.85. The van der Waals surface area contributed by atoms with Crippen molar-refractivity contribution in [2.45, 2.75) is 12.8 Å². The highest BCUT2D eigenvalue weighted by atomic mass is 32.1. The maximum absolute atomic E-state index is 12.7. The molecule has 0 amide bonds. The summed E-state index contributed by atoms with van der Waals surface area (Å²) in [6.45, 7) is 1.53. The average Bonchev–Trinajstić information content (AvgIpc) is 2.73. The van der Waals surface area contributed by atoms with Crippen LogP contribution in [0.25, 0.3) is 0 Å². The van der Waals surface area contributed by atoms with Crippen LogP contribution < -0.4 is 14.8 Å². The molecule has 0 saturated carbocycles. The fourth-order valence-electron chi connectivity index (χ4n) is 3.24. The SMILES string of the molecule is COc1ccc(C(=O)C2CCN(C(=S)Nc3cccc(OC)c3)CC2)cc1. The number of carbonyl (C=O) groups excluding carboxylic acids is 1. The molecule has 0 spiro atoms. The molecule has 0 aromatic heterocycles. The second-order valence-corrected chi connectivity index (χ2v) is 6.90. The summed E-state index contributed by atoms with van der Waals surface area (Å²) < 4.78 is 10.4. The summed E-state index contributed by atoms with van der Waals surface area (Å²) in [5.41, 5.74) is 1.64. The van der Waals surface area contributed by atoms with Gasteiger partial charge < -0.3 is 19.7 Å². The molecule has 142 valence electrons. The van der Waals surface area contributed by atoms with E-state index in [1.807, 2.05) is 48.5 Å². The molecule has 0 aliphatic carbocycles. The number of thiocarbonyl (C=S) groups is 1. The van der Waals surface area contributed by atoms with Crippen LogP contribution in [-0.4, -0.2) is 43.1 Å². The molecule has 6 heteroatoms. The van der Waals surface area contributed by atoms with Crippen molar-refractivity contribution < 1.29 is 14.3 Å². The Bertz CT molecular complexity index is 799. The summed E-state index contributed by atoms with van der Waals surface area (Å²) in [5, 5.41) is 3.93. The van der Waals surface area contributed by atoms with Crippen LogP contribution >= 0.6 is 12.2 Å². The van der Waals surface area contributed by atoms with Gasteiger partial charge in [-0.25, -0.2) is 0 Å². The summed E-state index contributed by atoms with van der Waals surface area (Å²) in [7, 11) is 3.26. The highest BCUT2D eigenvalue weighted by Crippen LogP contribution is 2.24. The standard InChI is InChI=1S/C21H24N2O3S/c1-25-18-8-6-15(7-9-18)20(24)16-10-12-23(13-11-16)21(27)22-17-4-3-5-19(14-17)26-2/h3-9,14,16H,10-13H2,1-2H3,(H,22,27). The van der Waals surface area contributed by atoms with Crippen molar-refractivity contribution in [3.8, 4) is 11.5 Å². The molecule has 2 aromatic rings. The quantitative estimate of drug-likeness (QED) is 0.621. The molecule has 0 unspecified atom stereocenters. The third-order valence-corrected chi connectivity index (χ3v) is 5.21. The number of nitrogens with one attached hydrogen (secondary N) is 1. The molecule has 1 aliphatic rings. The van der Waals surface area contributed by atoms with Crippen molar-refractivity contribution in [1.82, 2.24) is 4.90 Å². The molecule has 0 atom stereocenters. The third kappa shape index (κ3) is 4.77. The van der Waals surface area contributed by atoms with Gasteiger partial charge in [-0.05, 0) is 61.5 Å². The van der Waals surface area contributed by atoms with Crippen LogP contribution in [0.1, 0.15) is 23.2 Å². The maximum atomic E-state index is 12.7. The number of methoxy groups -OCH3 is 2. The Morgan fingerprint density at radius 3 is 2.33 bits per heavy atom. The molecule has 1 saturated heterocycles. The van der Waals surface area contributed by atoms with Gasteiger partial charge in [-0.15, -0.1) is 0 Å². The second-order valence-electron chi connectivity index (χ2n) is 6.52. The lowest BCUT2D eigenvalue weighted by molar-refractivity contribution is 0.0873. The minimum Gasteiger partial charge on any atom is -0.497 e. The first-order valence-electron chi connectivity index (χ1n) is 8.99. The van der Waals surface area contributed by atoms with Gasteiger partial charge in [-0.1, -0.05) is 6.07 Å². The summed E-state index contributed by atoms with van der Waals surface area (Å²) >= 11 is 5.54. The number of ketones is 1.